The highest BCUT2D eigenvalue weighted by atomic mass is 17.2. The van der Waals surface area contributed by atoms with E-state index in [1.54, 1.807) is 0 Å². The van der Waals surface area contributed by atoms with Crippen LogP contribution in [0.3, 0.4) is 0 Å². The van der Waals surface area contributed by atoms with Crippen molar-refractivity contribution in [2.75, 3.05) is 0 Å². The van der Waals surface area contributed by atoms with E-state index >= 15 is 0 Å². The Morgan fingerprint density at radius 3 is 1.00 bits per heavy atom. The zero-order valence-corrected chi connectivity index (χ0v) is 15.6. The number of rotatable bonds is 9. The van der Waals surface area contributed by atoms with Crippen molar-refractivity contribution in [3.05, 3.63) is 0 Å². The lowest BCUT2D eigenvalue weighted by atomic mass is 9.79. The van der Waals surface area contributed by atoms with Gasteiger partial charge in [0.25, 0.3) is 0 Å². The van der Waals surface area contributed by atoms with Gasteiger partial charge in [-0.05, 0) is 51.4 Å². The molecule has 0 unspecified atom stereocenters. The van der Waals surface area contributed by atoms with Crippen LogP contribution in [0, 0.1) is 10.8 Å². The lowest BCUT2D eigenvalue weighted by Crippen LogP contribution is -2.38. The van der Waals surface area contributed by atoms with Crippen molar-refractivity contribution in [3.63, 3.8) is 0 Å². The monoisotopic (exact) mass is 286 g/mol. The maximum atomic E-state index is 5.82. The predicted octanol–water partition coefficient (Wildman–Crippen LogP) is 6.14. The Bertz CT molecular complexity index is 258. The van der Waals surface area contributed by atoms with Crippen LogP contribution in [0.5, 0.6) is 0 Å². The third kappa shape index (κ3) is 8.26. The van der Waals surface area contributed by atoms with Crippen LogP contribution >= 0.6 is 0 Å². The molecular weight excluding hydrogens is 248 g/mol. The summed E-state index contributed by atoms with van der Waals surface area (Å²) in [4.78, 5) is 11.6. The molecule has 0 spiro atoms. The van der Waals surface area contributed by atoms with Gasteiger partial charge in [0.2, 0.25) is 0 Å². The van der Waals surface area contributed by atoms with Gasteiger partial charge in [-0.2, -0.15) is 0 Å². The molecule has 2 heteroatoms. The molecule has 0 aliphatic carbocycles. The van der Waals surface area contributed by atoms with E-state index in [0.717, 1.165) is 25.7 Å². The van der Waals surface area contributed by atoms with Crippen molar-refractivity contribution in [3.8, 4) is 0 Å². The van der Waals surface area contributed by atoms with Crippen LogP contribution in [0.15, 0.2) is 0 Å². The Kier molecular flexibility index (Phi) is 6.76. The summed E-state index contributed by atoms with van der Waals surface area (Å²) in [5.41, 5.74) is 0.0413. The molecule has 0 amide bonds. The van der Waals surface area contributed by atoms with Crippen molar-refractivity contribution in [1.29, 1.82) is 0 Å². The average molecular weight is 286 g/mol. The SMILES string of the molecule is CCC(C)(C)CC(C)(C)OOC(C)(C)CC(C)(C)CC. The molecule has 0 aliphatic heterocycles. The van der Waals surface area contributed by atoms with E-state index in [-0.39, 0.29) is 22.0 Å². The third-order valence-corrected chi connectivity index (χ3v) is 4.22. The van der Waals surface area contributed by atoms with Crippen LogP contribution < -0.4 is 0 Å². The summed E-state index contributed by atoms with van der Waals surface area (Å²) < 4.78 is 0. The Labute approximate surface area is 127 Å². The summed E-state index contributed by atoms with van der Waals surface area (Å²) in [6.45, 7) is 22.0. The van der Waals surface area contributed by atoms with E-state index in [1.807, 2.05) is 0 Å². The van der Waals surface area contributed by atoms with Crippen molar-refractivity contribution in [2.24, 2.45) is 10.8 Å². The lowest BCUT2D eigenvalue weighted by molar-refractivity contribution is -0.408. The Morgan fingerprint density at radius 2 is 0.800 bits per heavy atom. The fourth-order valence-electron chi connectivity index (χ4n) is 2.84. The van der Waals surface area contributed by atoms with Crippen molar-refractivity contribution in [1.82, 2.24) is 0 Å². The summed E-state index contributed by atoms with van der Waals surface area (Å²) in [7, 11) is 0. The third-order valence-electron chi connectivity index (χ3n) is 4.22. The fraction of sp³-hybridized carbons (Fsp3) is 1.00. The molecule has 0 radical (unpaired) electrons. The van der Waals surface area contributed by atoms with Crippen LogP contribution in [0.2, 0.25) is 0 Å². The number of hydrogen-bond acceptors (Lipinski definition) is 2. The summed E-state index contributed by atoms with van der Waals surface area (Å²) in [6, 6.07) is 0. The maximum absolute atomic E-state index is 5.82. The van der Waals surface area contributed by atoms with Gasteiger partial charge in [-0.25, -0.2) is 9.78 Å². The molecule has 122 valence electrons. The Hall–Kier alpha value is -0.0800. The second-order valence-electron chi connectivity index (χ2n) is 9.08. The molecule has 0 saturated carbocycles. The van der Waals surface area contributed by atoms with Gasteiger partial charge >= 0.3 is 0 Å². The van der Waals surface area contributed by atoms with Crippen LogP contribution in [-0.4, -0.2) is 11.2 Å². The molecule has 2 nitrogen and oxygen atoms in total. The normalized spacial score (nSPS) is 14.7. The minimum atomic E-state index is -0.257. The largest absolute Gasteiger partial charge is 0.230 e. The van der Waals surface area contributed by atoms with Gasteiger partial charge in [0, 0.05) is 0 Å². The van der Waals surface area contributed by atoms with Gasteiger partial charge in [-0.15, -0.1) is 0 Å². The highest BCUT2D eigenvalue weighted by molar-refractivity contribution is 4.80. The highest BCUT2D eigenvalue weighted by Gasteiger charge is 2.34. The van der Waals surface area contributed by atoms with Gasteiger partial charge < -0.3 is 0 Å². The summed E-state index contributed by atoms with van der Waals surface area (Å²) in [6.07, 6.45) is 4.27. The number of hydrogen-bond donors (Lipinski definition) is 0. The smallest absolute Gasteiger partial charge is 0.0985 e. The first-order chi connectivity index (χ1) is 8.74. The topological polar surface area (TPSA) is 18.5 Å². The molecular formula is C18H38O2. The van der Waals surface area contributed by atoms with E-state index in [2.05, 4.69) is 69.2 Å². The quantitative estimate of drug-likeness (QED) is 0.374. The molecule has 0 N–H and O–H groups in total. The Balaban J connectivity index is 4.51. The summed E-state index contributed by atoms with van der Waals surface area (Å²) in [5.74, 6) is 0. The van der Waals surface area contributed by atoms with Gasteiger partial charge in [-0.1, -0.05) is 54.4 Å². The molecule has 0 fully saturated rings. The predicted molar refractivity (Wildman–Crippen MR) is 87.7 cm³/mol. The van der Waals surface area contributed by atoms with Gasteiger partial charge in [-0.3, -0.25) is 0 Å². The van der Waals surface area contributed by atoms with E-state index in [1.165, 1.54) is 0 Å². The molecule has 0 aliphatic rings. The second-order valence-corrected chi connectivity index (χ2v) is 9.08. The van der Waals surface area contributed by atoms with Crippen molar-refractivity contribution in [2.45, 2.75) is 106 Å². The van der Waals surface area contributed by atoms with Gasteiger partial charge in [0.1, 0.15) is 0 Å². The van der Waals surface area contributed by atoms with Crippen LogP contribution in [0.1, 0.15) is 94.9 Å². The van der Waals surface area contributed by atoms with Crippen molar-refractivity contribution >= 4 is 0 Å². The summed E-state index contributed by atoms with van der Waals surface area (Å²) in [5, 5.41) is 0. The average Bonchev–Trinajstić information content (AvgIpc) is 2.24. The Morgan fingerprint density at radius 1 is 0.550 bits per heavy atom. The molecule has 0 rings (SSSR count). The molecule has 0 heterocycles. The van der Waals surface area contributed by atoms with Crippen LogP contribution in [0.4, 0.5) is 0 Å². The lowest BCUT2D eigenvalue weighted by Gasteiger charge is -2.38. The van der Waals surface area contributed by atoms with Crippen molar-refractivity contribution < 1.29 is 9.78 Å². The first kappa shape index (κ1) is 19.9. The zero-order valence-electron chi connectivity index (χ0n) is 15.6. The first-order valence-electron chi connectivity index (χ1n) is 8.11. The molecule has 20 heavy (non-hydrogen) atoms. The van der Waals surface area contributed by atoms with Crippen LogP contribution in [-0.2, 0) is 9.78 Å². The molecule has 0 atom stereocenters. The van der Waals surface area contributed by atoms with E-state index in [9.17, 15) is 0 Å². The molecule has 0 aromatic carbocycles. The summed E-state index contributed by atoms with van der Waals surface area (Å²) >= 11 is 0. The molecule has 0 bridgehead atoms. The zero-order chi connectivity index (χ0) is 16.2. The van der Waals surface area contributed by atoms with E-state index in [4.69, 9.17) is 9.78 Å². The fourth-order valence-corrected chi connectivity index (χ4v) is 2.84. The van der Waals surface area contributed by atoms with E-state index < -0.39 is 0 Å². The molecule has 0 aromatic heterocycles. The highest BCUT2D eigenvalue weighted by Crippen LogP contribution is 2.36. The minimum Gasteiger partial charge on any atom is -0.230 e. The molecule has 0 aromatic rings. The first-order valence-corrected chi connectivity index (χ1v) is 8.11. The van der Waals surface area contributed by atoms with Gasteiger partial charge in [0.05, 0.1) is 11.2 Å². The van der Waals surface area contributed by atoms with E-state index in [0.29, 0.717) is 0 Å². The maximum Gasteiger partial charge on any atom is 0.0985 e. The molecule has 0 saturated heterocycles. The van der Waals surface area contributed by atoms with Crippen LogP contribution in [0.25, 0.3) is 0 Å². The van der Waals surface area contributed by atoms with Gasteiger partial charge in [0.15, 0.2) is 0 Å². The standard InChI is InChI=1S/C18H38O2/c1-11-15(3,4)13-17(7,8)19-20-18(9,10)14-16(5,6)12-2/h11-14H2,1-10H3. The minimum absolute atomic E-state index is 0.257. The second kappa shape index (κ2) is 6.79.